The smallest absolute Gasteiger partial charge is 0.292 e. The van der Waals surface area contributed by atoms with Crippen molar-refractivity contribution < 1.29 is 4.92 Å². The van der Waals surface area contributed by atoms with Crippen LogP contribution in [0, 0.1) is 10.1 Å². The molecular weight excluding hydrogens is 487 g/mol. The van der Waals surface area contributed by atoms with Crippen LogP contribution in [0.4, 0.5) is 17.3 Å². The van der Waals surface area contributed by atoms with Crippen molar-refractivity contribution in [2.24, 2.45) is 4.99 Å². The molecule has 1 fully saturated rings. The second kappa shape index (κ2) is 11.3. The molecule has 0 saturated carbocycles. The van der Waals surface area contributed by atoms with E-state index in [1.54, 1.807) is 37.6 Å². The maximum Gasteiger partial charge on any atom is 0.292 e. The number of guanidine groups is 1. The second-order valence-electron chi connectivity index (χ2n) is 6.20. The van der Waals surface area contributed by atoms with Crippen LogP contribution in [-0.4, -0.2) is 72.1 Å². The maximum atomic E-state index is 11.1. The Morgan fingerprint density at radius 2 is 1.83 bits per heavy atom. The summed E-state index contributed by atoms with van der Waals surface area (Å²) in [5.41, 5.74) is 0.590. The Kier molecular flexibility index (Phi) is 8.83. The van der Waals surface area contributed by atoms with Crippen LogP contribution >= 0.6 is 24.0 Å². The molecule has 0 atom stereocenters. The Hall–Kier alpha value is -2.70. The Labute approximate surface area is 186 Å². The van der Waals surface area contributed by atoms with Gasteiger partial charge in [-0.25, -0.2) is 9.97 Å². The number of hydrogen-bond acceptors (Lipinski definition) is 7. The first-order valence-electron chi connectivity index (χ1n) is 9.14. The van der Waals surface area contributed by atoms with E-state index in [1.807, 2.05) is 6.07 Å². The van der Waals surface area contributed by atoms with Gasteiger partial charge in [-0.3, -0.25) is 15.1 Å². The van der Waals surface area contributed by atoms with Crippen molar-refractivity contribution in [2.45, 2.75) is 0 Å². The molecule has 0 radical (unpaired) electrons. The SMILES string of the molecule is CN=C(NCCNc1ccccc1[N+](=O)[O-])N1CCN(c2ncccn2)CC1.I. The molecule has 1 aliphatic rings. The number of hydrogen-bond donors (Lipinski definition) is 2. The molecule has 2 aromatic rings. The number of anilines is 2. The van der Waals surface area contributed by atoms with Gasteiger partial charge in [0.25, 0.3) is 5.69 Å². The summed E-state index contributed by atoms with van der Waals surface area (Å²) in [5, 5.41) is 17.5. The molecule has 0 bridgehead atoms. The number of piperazine rings is 1. The van der Waals surface area contributed by atoms with Crippen molar-refractivity contribution in [3.05, 3.63) is 52.8 Å². The fraction of sp³-hybridized carbons (Fsp3) is 0.389. The molecule has 11 heteroatoms. The minimum Gasteiger partial charge on any atom is -0.378 e. The minimum absolute atomic E-state index is 0. The molecule has 156 valence electrons. The normalized spacial score (nSPS) is 14.2. The van der Waals surface area contributed by atoms with Gasteiger partial charge >= 0.3 is 0 Å². The Bertz CT molecular complexity index is 813. The van der Waals surface area contributed by atoms with Gasteiger partial charge in [0.1, 0.15) is 5.69 Å². The summed E-state index contributed by atoms with van der Waals surface area (Å²) in [6, 6.07) is 8.44. The van der Waals surface area contributed by atoms with E-state index in [1.165, 1.54) is 6.07 Å². The average molecular weight is 512 g/mol. The van der Waals surface area contributed by atoms with Crippen molar-refractivity contribution in [1.82, 2.24) is 20.2 Å². The van der Waals surface area contributed by atoms with E-state index in [0.29, 0.717) is 18.8 Å². The van der Waals surface area contributed by atoms with Gasteiger partial charge in [0.15, 0.2) is 5.96 Å². The van der Waals surface area contributed by atoms with E-state index in [0.717, 1.165) is 38.1 Å². The molecule has 1 aliphatic heterocycles. The number of aliphatic imine (C=N–C) groups is 1. The van der Waals surface area contributed by atoms with Crippen molar-refractivity contribution in [3.8, 4) is 0 Å². The number of nitrogens with zero attached hydrogens (tertiary/aromatic N) is 6. The van der Waals surface area contributed by atoms with Gasteiger partial charge in [0, 0.05) is 64.8 Å². The first kappa shape index (κ1) is 22.6. The molecule has 2 N–H and O–H groups in total. The molecule has 0 amide bonds. The molecule has 1 aromatic heterocycles. The molecule has 0 aliphatic carbocycles. The number of rotatable bonds is 6. The molecule has 1 saturated heterocycles. The van der Waals surface area contributed by atoms with Crippen molar-refractivity contribution in [2.75, 3.05) is 56.5 Å². The molecule has 2 heterocycles. The summed E-state index contributed by atoms with van der Waals surface area (Å²) in [6.45, 7) is 4.41. The molecule has 29 heavy (non-hydrogen) atoms. The number of halogens is 1. The lowest BCUT2D eigenvalue weighted by Gasteiger charge is -2.36. The number of nitrogens with one attached hydrogen (secondary N) is 2. The lowest BCUT2D eigenvalue weighted by Crippen LogP contribution is -2.53. The largest absolute Gasteiger partial charge is 0.378 e. The van der Waals surface area contributed by atoms with Gasteiger partial charge in [0.2, 0.25) is 5.95 Å². The molecule has 10 nitrogen and oxygen atoms in total. The van der Waals surface area contributed by atoms with Crippen molar-refractivity contribution >= 4 is 47.3 Å². The molecule has 3 rings (SSSR count). The summed E-state index contributed by atoms with van der Waals surface area (Å²) >= 11 is 0. The standard InChI is InChI=1S/C18H24N8O2.HI/c1-19-17(23-10-9-20-15-5-2-3-6-16(15)26(27)28)24-11-13-25(14-12-24)18-21-7-4-8-22-18;/h2-8,20H,9-14H2,1H3,(H,19,23);1H. The summed E-state index contributed by atoms with van der Waals surface area (Å²) in [6.07, 6.45) is 3.50. The van der Waals surface area contributed by atoms with Crippen LogP contribution in [0.1, 0.15) is 0 Å². The maximum absolute atomic E-state index is 11.1. The fourth-order valence-electron chi connectivity index (χ4n) is 3.06. The summed E-state index contributed by atoms with van der Waals surface area (Å²) < 4.78 is 0. The fourth-order valence-corrected chi connectivity index (χ4v) is 3.06. The third kappa shape index (κ3) is 6.14. The number of para-hydroxylation sites is 2. The van der Waals surface area contributed by atoms with E-state index in [4.69, 9.17) is 0 Å². The number of nitro groups is 1. The highest BCUT2D eigenvalue weighted by Gasteiger charge is 2.21. The Morgan fingerprint density at radius 1 is 1.14 bits per heavy atom. The number of aromatic nitrogens is 2. The van der Waals surface area contributed by atoms with E-state index in [2.05, 4.69) is 35.4 Å². The predicted octanol–water partition coefficient (Wildman–Crippen LogP) is 1.81. The van der Waals surface area contributed by atoms with Crippen LogP contribution in [0.25, 0.3) is 0 Å². The molecule has 1 aromatic carbocycles. The molecule has 0 unspecified atom stereocenters. The third-order valence-corrected chi connectivity index (χ3v) is 4.45. The minimum atomic E-state index is -0.384. The van der Waals surface area contributed by atoms with E-state index in [-0.39, 0.29) is 34.6 Å². The van der Waals surface area contributed by atoms with E-state index >= 15 is 0 Å². The van der Waals surface area contributed by atoms with E-state index in [9.17, 15) is 10.1 Å². The molecular formula is C18H25IN8O2. The van der Waals surface area contributed by atoms with E-state index < -0.39 is 0 Å². The first-order valence-corrected chi connectivity index (χ1v) is 9.14. The van der Waals surface area contributed by atoms with Gasteiger partial charge in [-0.15, -0.1) is 24.0 Å². The number of benzene rings is 1. The van der Waals surface area contributed by atoms with Crippen LogP contribution < -0.4 is 15.5 Å². The van der Waals surface area contributed by atoms with Gasteiger partial charge < -0.3 is 20.4 Å². The monoisotopic (exact) mass is 512 g/mol. The van der Waals surface area contributed by atoms with Gasteiger partial charge in [0.05, 0.1) is 4.92 Å². The highest BCUT2D eigenvalue weighted by Crippen LogP contribution is 2.22. The van der Waals surface area contributed by atoms with Crippen molar-refractivity contribution in [3.63, 3.8) is 0 Å². The van der Waals surface area contributed by atoms with Gasteiger partial charge in [-0.2, -0.15) is 0 Å². The average Bonchev–Trinajstić information content (AvgIpc) is 2.75. The van der Waals surface area contributed by atoms with Crippen LogP contribution in [0.15, 0.2) is 47.7 Å². The summed E-state index contributed by atoms with van der Waals surface area (Å²) in [5.74, 6) is 1.57. The summed E-state index contributed by atoms with van der Waals surface area (Å²) in [7, 11) is 1.75. The topological polar surface area (TPSA) is 112 Å². The first-order chi connectivity index (χ1) is 13.7. The predicted molar refractivity (Wildman–Crippen MR) is 124 cm³/mol. The lowest BCUT2D eigenvalue weighted by atomic mass is 10.2. The van der Waals surface area contributed by atoms with Crippen LogP contribution in [0.3, 0.4) is 0 Å². The second-order valence-corrected chi connectivity index (χ2v) is 6.20. The zero-order valence-electron chi connectivity index (χ0n) is 16.2. The molecule has 0 spiro atoms. The Morgan fingerprint density at radius 3 is 2.48 bits per heavy atom. The zero-order valence-corrected chi connectivity index (χ0v) is 18.5. The summed E-state index contributed by atoms with van der Waals surface area (Å²) in [4.78, 5) is 27.9. The number of nitro benzene ring substituents is 1. The zero-order chi connectivity index (χ0) is 19.8. The Balaban J connectivity index is 0.00000300. The lowest BCUT2D eigenvalue weighted by molar-refractivity contribution is -0.384. The third-order valence-electron chi connectivity index (χ3n) is 4.45. The van der Waals surface area contributed by atoms with Gasteiger partial charge in [-0.05, 0) is 12.1 Å². The van der Waals surface area contributed by atoms with Crippen molar-refractivity contribution in [1.29, 1.82) is 0 Å². The van der Waals surface area contributed by atoms with Crippen LogP contribution in [0.2, 0.25) is 0 Å². The van der Waals surface area contributed by atoms with Crippen LogP contribution in [-0.2, 0) is 0 Å². The van der Waals surface area contributed by atoms with Gasteiger partial charge in [-0.1, -0.05) is 12.1 Å². The highest BCUT2D eigenvalue weighted by atomic mass is 127. The highest BCUT2D eigenvalue weighted by molar-refractivity contribution is 14.0. The van der Waals surface area contributed by atoms with Crippen LogP contribution in [0.5, 0.6) is 0 Å². The quantitative estimate of drug-likeness (QED) is 0.151.